The van der Waals surface area contributed by atoms with E-state index in [1.54, 1.807) is 0 Å². The first-order valence-corrected chi connectivity index (χ1v) is 8.99. The van der Waals surface area contributed by atoms with E-state index in [2.05, 4.69) is 47.1 Å². The van der Waals surface area contributed by atoms with E-state index in [9.17, 15) is 4.79 Å². The van der Waals surface area contributed by atoms with Gasteiger partial charge in [0, 0.05) is 24.7 Å². The number of nitrogens with zero attached hydrogens (tertiary/aromatic N) is 2. The van der Waals surface area contributed by atoms with E-state index in [0.717, 1.165) is 34.7 Å². The Morgan fingerprint density at radius 2 is 1.78 bits per heavy atom. The second-order valence-electron chi connectivity index (χ2n) is 6.76. The van der Waals surface area contributed by atoms with Crippen molar-refractivity contribution < 1.29 is 4.79 Å². The van der Waals surface area contributed by atoms with Crippen molar-refractivity contribution in [2.75, 3.05) is 5.32 Å². The van der Waals surface area contributed by atoms with Gasteiger partial charge in [-0.15, -0.1) is 0 Å². The van der Waals surface area contributed by atoms with Crippen molar-refractivity contribution in [3.63, 3.8) is 0 Å². The maximum Gasteiger partial charge on any atom is 0.221 e. The van der Waals surface area contributed by atoms with Crippen LogP contribution in [0.5, 0.6) is 0 Å². The summed E-state index contributed by atoms with van der Waals surface area (Å²) in [5.74, 6) is 0.810. The maximum absolute atomic E-state index is 11.4. The van der Waals surface area contributed by atoms with Crippen molar-refractivity contribution in [3.8, 4) is 11.4 Å². The summed E-state index contributed by atoms with van der Waals surface area (Å²) in [6.07, 6.45) is 0. The zero-order valence-electron chi connectivity index (χ0n) is 15.4. The number of nitrogens with one attached hydrogen (secondary N) is 1. The lowest BCUT2D eigenvalue weighted by atomic mass is 10.1. The Kier molecular flexibility index (Phi) is 4.47. The predicted molar refractivity (Wildman–Crippen MR) is 110 cm³/mol. The normalized spacial score (nSPS) is 10.9. The topological polar surface area (TPSA) is 46.9 Å². The molecule has 134 valence electrons. The summed E-state index contributed by atoms with van der Waals surface area (Å²) in [6, 6.07) is 24.6. The van der Waals surface area contributed by atoms with Crippen LogP contribution < -0.4 is 5.32 Å². The molecule has 1 amide bonds. The number of amides is 1. The maximum atomic E-state index is 11.4. The summed E-state index contributed by atoms with van der Waals surface area (Å²) in [4.78, 5) is 16.3. The van der Waals surface area contributed by atoms with Crippen molar-refractivity contribution >= 4 is 22.6 Å². The fourth-order valence-corrected chi connectivity index (χ4v) is 3.27. The van der Waals surface area contributed by atoms with Crippen molar-refractivity contribution in [2.24, 2.45) is 0 Å². The lowest BCUT2D eigenvalue weighted by molar-refractivity contribution is -0.114. The van der Waals surface area contributed by atoms with E-state index in [1.165, 1.54) is 18.1 Å². The van der Waals surface area contributed by atoms with Gasteiger partial charge in [-0.05, 0) is 36.8 Å². The third-order valence-corrected chi connectivity index (χ3v) is 4.56. The number of fused-ring (bicyclic) bond motifs is 1. The summed E-state index contributed by atoms with van der Waals surface area (Å²) in [6.45, 7) is 4.34. The molecule has 0 bridgehead atoms. The number of hydrogen-bond donors (Lipinski definition) is 1. The molecule has 4 aromatic rings. The molecule has 4 heteroatoms. The molecule has 0 aliphatic carbocycles. The Bertz CT molecular complexity index is 1110. The molecular formula is C23H21N3O. The SMILES string of the molecule is CC(=O)Nc1cccc(-c2nc3ccccc3n2Cc2ccc(C)cc2)c1. The van der Waals surface area contributed by atoms with Crippen LogP contribution in [0.2, 0.25) is 0 Å². The summed E-state index contributed by atoms with van der Waals surface area (Å²) >= 11 is 0. The van der Waals surface area contributed by atoms with Crippen LogP contribution in [0.25, 0.3) is 22.4 Å². The van der Waals surface area contributed by atoms with Gasteiger partial charge in [0.05, 0.1) is 11.0 Å². The fourth-order valence-electron chi connectivity index (χ4n) is 3.27. The molecule has 0 aliphatic heterocycles. The number of imidazole rings is 1. The number of carbonyl (C=O) groups is 1. The van der Waals surface area contributed by atoms with E-state index in [1.807, 2.05) is 42.5 Å². The average Bonchev–Trinajstić information content (AvgIpc) is 3.02. The molecule has 3 aromatic carbocycles. The molecule has 1 heterocycles. The monoisotopic (exact) mass is 355 g/mol. The van der Waals surface area contributed by atoms with Gasteiger partial charge in [-0.1, -0.05) is 54.1 Å². The van der Waals surface area contributed by atoms with E-state index in [-0.39, 0.29) is 5.91 Å². The zero-order valence-corrected chi connectivity index (χ0v) is 15.4. The molecule has 0 spiro atoms. The molecule has 0 saturated carbocycles. The molecule has 0 radical (unpaired) electrons. The highest BCUT2D eigenvalue weighted by Crippen LogP contribution is 2.27. The molecular weight excluding hydrogens is 334 g/mol. The molecule has 1 aromatic heterocycles. The molecule has 1 N–H and O–H groups in total. The number of carbonyl (C=O) groups excluding carboxylic acids is 1. The molecule has 0 aliphatic rings. The molecule has 4 nitrogen and oxygen atoms in total. The second kappa shape index (κ2) is 7.08. The van der Waals surface area contributed by atoms with Crippen LogP contribution in [0, 0.1) is 6.92 Å². The molecule has 0 atom stereocenters. The fraction of sp³-hybridized carbons (Fsp3) is 0.130. The van der Waals surface area contributed by atoms with Gasteiger partial charge in [-0.25, -0.2) is 4.98 Å². The van der Waals surface area contributed by atoms with Crippen LogP contribution in [0.15, 0.2) is 72.8 Å². The van der Waals surface area contributed by atoms with Crippen LogP contribution >= 0.6 is 0 Å². The molecule has 4 rings (SSSR count). The third kappa shape index (κ3) is 3.60. The van der Waals surface area contributed by atoms with Gasteiger partial charge < -0.3 is 9.88 Å². The number of hydrogen-bond acceptors (Lipinski definition) is 2. The minimum Gasteiger partial charge on any atom is -0.326 e. The summed E-state index contributed by atoms with van der Waals surface area (Å²) in [5, 5.41) is 2.85. The van der Waals surface area contributed by atoms with Crippen LogP contribution in [0.1, 0.15) is 18.1 Å². The number of anilines is 1. The van der Waals surface area contributed by atoms with E-state index in [0.29, 0.717) is 0 Å². The van der Waals surface area contributed by atoms with Gasteiger partial charge in [-0.2, -0.15) is 0 Å². The smallest absolute Gasteiger partial charge is 0.221 e. The second-order valence-corrected chi connectivity index (χ2v) is 6.76. The van der Waals surface area contributed by atoms with Crippen LogP contribution in [0.3, 0.4) is 0 Å². The number of aryl methyl sites for hydroxylation is 1. The van der Waals surface area contributed by atoms with Gasteiger partial charge in [0.15, 0.2) is 0 Å². The molecule has 27 heavy (non-hydrogen) atoms. The van der Waals surface area contributed by atoms with Gasteiger partial charge in [0.1, 0.15) is 5.82 Å². The standard InChI is InChI=1S/C23H21N3O/c1-16-10-12-18(13-11-16)15-26-22-9-4-3-8-21(22)25-23(26)19-6-5-7-20(14-19)24-17(2)27/h3-14H,15H2,1-2H3,(H,24,27). The Hall–Kier alpha value is -3.40. The molecule has 0 unspecified atom stereocenters. The Balaban J connectivity index is 1.83. The molecule has 0 saturated heterocycles. The predicted octanol–water partition coefficient (Wildman–Crippen LogP) is 5.02. The summed E-state index contributed by atoms with van der Waals surface area (Å²) in [5.41, 5.74) is 6.28. The van der Waals surface area contributed by atoms with Crippen LogP contribution in [-0.4, -0.2) is 15.5 Å². The first-order valence-electron chi connectivity index (χ1n) is 8.99. The highest BCUT2D eigenvalue weighted by atomic mass is 16.1. The zero-order chi connectivity index (χ0) is 18.8. The lowest BCUT2D eigenvalue weighted by Gasteiger charge is -2.11. The number of para-hydroxylation sites is 2. The lowest BCUT2D eigenvalue weighted by Crippen LogP contribution is -2.06. The average molecular weight is 355 g/mol. The summed E-state index contributed by atoms with van der Waals surface area (Å²) in [7, 11) is 0. The van der Waals surface area contributed by atoms with E-state index in [4.69, 9.17) is 4.98 Å². The van der Waals surface area contributed by atoms with E-state index < -0.39 is 0 Å². The first-order chi connectivity index (χ1) is 13.1. The third-order valence-electron chi connectivity index (χ3n) is 4.56. The van der Waals surface area contributed by atoms with Crippen molar-refractivity contribution in [1.82, 2.24) is 9.55 Å². The van der Waals surface area contributed by atoms with Crippen LogP contribution in [0.4, 0.5) is 5.69 Å². The Morgan fingerprint density at radius 1 is 1.00 bits per heavy atom. The minimum atomic E-state index is -0.0830. The van der Waals surface area contributed by atoms with E-state index >= 15 is 0 Å². The van der Waals surface area contributed by atoms with Gasteiger partial charge in [0.2, 0.25) is 5.91 Å². The van der Waals surface area contributed by atoms with Gasteiger partial charge >= 0.3 is 0 Å². The molecule has 0 fully saturated rings. The summed E-state index contributed by atoms with van der Waals surface area (Å²) < 4.78 is 2.23. The van der Waals surface area contributed by atoms with Gasteiger partial charge in [-0.3, -0.25) is 4.79 Å². The van der Waals surface area contributed by atoms with Crippen molar-refractivity contribution in [1.29, 1.82) is 0 Å². The van der Waals surface area contributed by atoms with Crippen molar-refractivity contribution in [2.45, 2.75) is 20.4 Å². The van der Waals surface area contributed by atoms with Gasteiger partial charge in [0.25, 0.3) is 0 Å². The number of benzene rings is 3. The quantitative estimate of drug-likeness (QED) is 0.559. The highest BCUT2D eigenvalue weighted by Gasteiger charge is 2.13. The number of aromatic nitrogens is 2. The number of rotatable bonds is 4. The first kappa shape index (κ1) is 17.0. The van der Waals surface area contributed by atoms with Crippen molar-refractivity contribution in [3.05, 3.63) is 83.9 Å². The highest BCUT2D eigenvalue weighted by molar-refractivity contribution is 5.89. The van der Waals surface area contributed by atoms with Crippen LogP contribution in [-0.2, 0) is 11.3 Å². The largest absolute Gasteiger partial charge is 0.326 e. The Morgan fingerprint density at radius 3 is 2.56 bits per heavy atom. The Labute approximate surface area is 158 Å². The minimum absolute atomic E-state index is 0.0830.